The van der Waals surface area contributed by atoms with E-state index in [1.54, 1.807) is 17.0 Å². The van der Waals surface area contributed by atoms with Crippen molar-refractivity contribution >= 4 is 33.6 Å². The van der Waals surface area contributed by atoms with Crippen LogP contribution >= 0.6 is 0 Å². The van der Waals surface area contributed by atoms with Crippen LogP contribution in [-0.4, -0.2) is 24.1 Å². The molecule has 1 N–H and O–H groups in total. The Hall–Kier alpha value is -4.00. The molecule has 0 unspecified atom stereocenters. The third kappa shape index (κ3) is 3.46. The molecule has 0 aliphatic heterocycles. The van der Waals surface area contributed by atoms with Gasteiger partial charge >= 0.3 is 5.69 Å². The lowest BCUT2D eigenvalue weighted by Crippen LogP contribution is -2.24. The fourth-order valence-electron chi connectivity index (χ4n) is 4.87. The first-order chi connectivity index (χ1) is 16.2. The molecule has 0 amide bonds. The normalized spacial score (nSPS) is 14.3. The van der Waals surface area contributed by atoms with E-state index in [-0.39, 0.29) is 11.7 Å². The monoisotopic (exact) mass is 436 g/mol. The largest absolute Gasteiger partial charge is 0.329 e. The highest BCUT2D eigenvalue weighted by Crippen LogP contribution is 2.32. The van der Waals surface area contributed by atoms with Gasteiger partial charge in [0.05, 0.1) is 28.4 Å². The van der Waals surface area contributed by atoms with E-state index >= 15 is 0 Å². The summed E-state index contributed by atoms with van der Waals surface area (Å²) in [5, 5.41) is 4.41. The molecular weight excluding hydrogens is 412 g/mol. The first kappa shape index (κ1) is 19.7. The quantitative estimate of drug-likeness (QED) is 0.419. The molecule has 1 aromatic carbocycles. The minimum absolute atomic E-state index is 0.0294. The molecule has 5 aromatic rings. The third-order valence-corrected chi connectivity index (χ3v) is 6.57. The lowest BCUT2D eigenvalue weighted by atomic mass is 10.1. The molecule has 0 atom stereocenters. The van der Waals surface area contributed by atoms with Gasteiger partial charge in [0.15, 0.2) is 0 Å². The molecule has 0 bridgehead atoms. The SMILES string of the molecule is Cn1c(=O)n(C2CCCC2)c2cc(Nc3cccc(-c4ccc5ncccc5c4)n3)ncc21. The molecule has 1 aliphatic carbocycles. The molecule has 0 spiro atoms. The molecule has 7 heteroatoms. The van der Waals surface area contributed by atoms with Crippen LogP contribution in [0.1, 0.15) is 31.7 Å². The average molecular weight is 437 g/mol. The molecule has 164 valence electrons. The summed E-state index contributed by atoms with van der Waals surface area (Å²) in [6.07, 6.45) is 8.01. The zero-order valence-electron chi connectivity index (χ0n) is 18.4. The molecule has 1 aliphatic rings. The topological polar surface area (TPSA) is 77.6 Å². The molecule has 33 heavy (non-hydrogen) atoms. The van der Waals surface area contributed by atoms with Gasteiger partial charge in [-0.25, -0.2) is 14.8 Å². The number of pyridine rings is 3. The highest BCUT2D eigenvalue weighted by molar-refractivity contribution is 5.84. The third-order valence-electron chi connectivity index (χ3n) is 6.57. The molecule has 7 nitrogen and oxygen atoms in total. The van der Waals surface area contributed by atoms with Crippen LogP contribution in [0.15, 0.2) is 71.8 Å². The Morgan fingerprint density at radius 3 is 2.70 bits per heavy atom. The van der Waals surface area contributed by atoms with Crippen LogP contribution < -0.4 is 11.0 Å². The highest BCUT2D eigenvalue weighted by atomic mass is 16.1. The Balaban J connectivity index is 1.35. The van der Waals surface area contributed by atoms with Crippen LogP contribution in [0.3, 0.4) is 0 Å². The maximum atomic E-state index is 12.9. The molecule has 1 saturated carbocycles. The van der Waals surface area contributed by atoms with Crippen molar-refractivity contribution in [1.82, 2.24) is 24.1 Å². The maximum absolute atomic E-state index is 12.9. The number of imidazole rings is 1. The summed E-state index contributed by atoms with van der Waals surface area (Å²) >= 11 is 0. The fourth-order valence-corrected chi connectivity index (χ4v) is 4.87. The minimum atomic E-state index is 0.0294. The van der Waals surface area contributed by atoms with Crippen molar-refractivity contribution in [3.05, 3.63) is 77.5 Å². The number of hydrogen-bond acceptors (Lipinski definition) is 5. The second kappa shape index (κ2) is 7.85. The van der Waals surface area contributed by atoms with Gasteiger partial charge in [-0.1, -0.05) is 31.0 Å². The van der Waals surface area contributed by atoms with E-state index < -0.39 is 0 Å². The lowest BCUT2D eigenvalue weighted by molar-refractivity contribution is 0.509. The fraction of sp³-hybridized carbons (Fsp3) is 0.231. The van der Waals surface area contributed by atoms with Gasteiger partial charge in [-0.05, 0) is 43.2 Å². The number of rotatable bonds is 4. The van der Waals surface area contributed by atoms with E-state index in [0.717, 1.165) is 46.0 Å². The van der Waals surface area contributed by atoms with E-state index in [1.807, 2.05) is 54.1 Å². The Morgan fingerprint density at radius 2 is 1.82 bits per heavy atom. The highest BCUT2D eigenvalue weighted by Gasteiger charge is 2.23. The summed E-state index contributed by atoms with van der Waals surface area (Å²) in [5.74, 6) is 1.38. The van der Waals surface area contributed by atoms with Gasteiger partial charge < -0.3 is 5.32 Å². The maximum Gasteiger partial charge on any atom is 0.329 e. The van der Waals surface area contributed by atoms with E-state index in [9.17, 15) is 4.79 Å². The Labute approximate surface area is 190 Å². The van der Waals surface area contributed by atoms with Crippen molar-refractivity contribution in [1.29, 1.82) is 0 Å². The summed E-state index contributed by atoms with van der Waals surface area (Å²) in [5.41, 5.74) is 4.66. The van der Waals surface area contributed by atoms with Gasteiger partial charge in [0, 0.05) is 36.3 Å². The molecule has 6 rings (SSSR count). The van der Waals surface area contributed by atoms with Gasteiger partial charge in [-0.15, -0.1) is 0 Å². The zero-order chi connectivity index (χ0) is 22.4. The van der Waals surface area contributed by atoms with Crippen LogP contribution in [0, 0.1) is 0 Å². The summed E-state index contributed by atoms with van der Waals surface area (Å²) in [4.78, 5) is 26.6. The van der Waals surface area contributed by atoms with E-state index in [0.29, 0.717) is 11.6 Å². The molecule has 0 radical (unpaired) electrons. The van der Waals surface area contributed by atoms with Crippen molar-refractivity contribution in [2.24, 2.45) is 7.05 Å². The predicted octanol–water partition coefficient (Wildman–Crippen LogP) is 5.20. The van der Waals surface area contributed by atoms with Gasteiger partial charge in [0.25, 0.3) is 0 Å². The van der Waals surface area contributed by atoms with Crippen LogP contribution in [-0.2, 0) is 7.05 Å². The smallest absolute Gasteiger partial charge is 0.325 e. The second-order valence-corrected chi connectivity index (χ2v) is 8.65. The standard InChI is InChI=1S/C26H24N6O/c1-31-23-16-28-25(15-22(23)32(26(31)33)19-7-2-3-8-19)30-24-10-4-9-21(29-24)18-11-12-20-17(14-18)6-5-13-27-20/h4-6,9-16,19H,2-3,7-8H2,1H3,(H,28,29,30). The first-order valence-corrected chi connectivity index (χ1v) is 11.3. The molecule has 4 heterocycles. The van der Waals surface area contributed by atoms with E-state index in [1.165, 1.54) is 12.8 Å². The Kier molecular flexibility index (Phi) is 4.68. The van der Waals surface area contributed by atoms with Crippen LogP contribution in [0.25, 0.3) is 33.2 Å². The van der Waals surface area contributed by atoms with Crippen LogP contribution in [0.4, 0.5) is 11.6 Å². The number of fused-ring (bicyclic) bond motifs is 2. The lowest BCUT2D eigenvalue weighted by Gasteiger charge is -2.12. The van der Waals surface area contributed by atoms with Gasteiger partial charge in [0.1, 0.15) is 11.6 Å². The molecule has 1 fully saturated rings. The minimum Gasteiger partial charge on any atom is -0.325 e. The Bertz CT molecular complexity index is 1540. The van der Waals surface area contributed by atoms with Crippen molar-refractivity contribution in [3.8, 4) is 11.3 Å². The van der Waals surface area contributed by atoms with Crippen LogP contribution in [0.5, 0.6) is 0 Å². The molecular formula is C26H24N6O. The first-order valence-electron chi connectivity index (χ1n) is 11.3. The summed E-state index contributed by atoms with van der Waals surface area (Å²) < 4.78 is 3.64. The average Bonchev–Trinajstić information content (AvgIpc) is 3.45. The number of nitrogens with one attached hydrogen (secondary N) is 1. The summed E-state index contributed by atoms with van der Waals surface area (Å²) in [7, 11) is 1.81. The second-order valence-electron chi connectivity index (χ2n) is 8.65. The van der Waals surface area contributed by atoms with Crippen molar-refractivity contribution in [2.45, 2.75) is 31.7 Å². The summed E-state index contributed by atoms with van der Waals surface area (Å²) in [6, 6.07) is 18.3. The molecule has 0 saturated heterocycles. The van der Waals surface area contributed by atoms with E-state index in [2.05, 4.69) is 27.4 Å². The number of hydrogen-bond donors (Lipinski definition) is 1. The van der Waals surface area contributed by atoms with Gasteiger partial charge in [-0.3, -0.25) is 14.1 Å². The number of aryl methyl sites for hydroxylation is 1. The number of nitrogens with zero attached hydrogens (tertiary/aromatic N) is 5. The van der Waals surface area contributed by atoms with E-state index in [4.69, 9.17) is 4.98 Å². The van der Waals surface area contributed by atoms with Crippen molar-refractivity contribution in [3.63, 3.8) is 0 Å². The van der Waals surface area contributed by atoms with Gasteiger partial charge in [-0.2, -0.15) is 0 Å². The summed E-state index contributed by atoms with van der Waals surface area (Å²) in [6.45, 7) is 0. The van der Waals surface area contributed by atoms with Gasteiger partial charge in [0.2, 0.25) is 0 Å². The van der Waals surface area contributed by atoms with Crippen molar-refractivity contribution < 1.29 is 0 Å². The number of aromatic nitrogens is 5. The van der Waals surface area contributed by atoms with Crippen molar-refractivity contribution in [2.75, 3.05) is 5.32 Å². The Morgan fingerprint density at radius 1 is 0.939 bits per heavy atom. The number of anilines is 2. The molecule has 4 aromatic heterocycles. The predicted molar refractivity (Wildman–Crippen MR) is 131 cm³/mol. The van der Waals surface area contributed by atoms with Crippen LogP contribution in [0.2, 0.25) is 0 Å². The number of benzene rings is 1. The zero-order valence-corrected chi connectivity index (χ0v) is 18.4.